The van der Waals surface area contributed by atoms with Gasteiger partial charge in [0.05, 0.1) is 0 Å². The van der Waals surface area contributed by atoms with E-state index in [0.717, 1.165) is 44.5 Å². The molecule has 0 radical (unpaired) electrons. The molecule has 0 unspecified atom stereocenters. The molecule has 25 heavy (non-hydrogen) atoms. The van der Waals surface area contributed by atoms with Crippen LogP contribution in [0.2, 0.25) is 0 Å². The summed E-state index contributed by atoms with van der Waals surface area (Å²) in [7, 11) is 0. The number of carbonyl (C=O) groups excluding carboxylic acids is 1. The standard InChI is InChI=1S/C20H26N4O/c1-3-11-21-18-14-17(20(25)24-12-9-15(2)10-13-24)22-19(23-18)16-7-5-4-6-8-16/h4-8,14-15H,3,9-13H2,1-2H3,(H,21,22,23). The molecule has 0 spiro atoms. The van der Waals surface area contributed by atoms with Crippen LogP contribution in [0.25, 0.3) is 11.4 Å². The molecule has 2 heterocycles. The van der Waals surface area contributed by atoms with Gasteiger partial charge in [-0.2, -0.15) is 0 Å². The second kappa shape index (κ2) is 8.10. The number of amides is 1. The van der Waals surface area contributed by atoms with Crippen LogP contribution in [-0.2, 0) is 0 Å². The maximum Gasteiger partial charge on any atom is 0.272 e. The number of benzene rings is 1. The number of aromatic nitrogens is 2. The van der Waals surface area contributed by atoms with Gasteiger partial charge in [-0.3, -0.25) is 4.79 Å². The molecule has 2 aromatic rings. The third-order valence-electron chi connectivity index (χ3n) is 4.60. The highest BCUT2D eigenvalue weighted by atomic mass is 16.2. The molecule has 1 saturated heterocycles. The summed E-state index contributed by atoms with van der Waals surface area (Å²) in [5, 5.41) is 3.29. The number of nitrogens with one attached hydrogen (secondary N) is 1. The van der Waals surface area contributed by atoms with Crippen molar-refractivity contribution in [1.82, 2.24) is 14.9 Å². The van der Waals surface area contributed by atoms with Crippen molar-refractivity contribution in [3.8, 4) is 11.4 Å². The Morgan fingerprint density at radius 2 is 1.92 bits per heavy atom. The van der Waals surface area contributed by atoms with Gasteiger partial charge in [-0.25, -0.2) is 9.97 Å². The van der Waals surface area contributed by atoms with Gasteiger partial charge in [-0.05, 0) is 25.2 Å². The molecule has 1 aromatic heterocycles. The van der Waals surface area contributed by atoms with Gasteiger partial charge in [-0.15, -0.1) is 0 Å². The monoisotopic (exact) mass is 338 g/mol. The predicted octanol–water partition coefficient (Wildman–Crippen LogP) is 3.84. The first-order valence-corrected chi connectivity index (χ1v) is 9.15. The molecule has 5 heteroatoms. The van der Waals surface area contributed by atoms with Crippen molar-refractivity contribution in [3.05, 3.63) is 42.1 Å². The molecule has 1 N–H and O–H groups in total. The van der Waals surface area contributed by atoms with Crippen LogP contribution in [0, 0.1) is 5.92 Å². The highest BCUT2D eigenvalue weighted by Crippen LogP contribution is 2.21. The van der Waals surface area contributed by atoms with Crippen LogP contribution in [0.15, 0.2) is 36.4 Å². The Kier molecular flexibility index (Phi) is 5.64. The summed E-state index contributed by atoms with van der Waals surface area (Å²) in [6.45, 7) is 6.78. The fraction of sp³-hybridized carbons (Fsp3) is 0.450. The molecule has 0 bridgehead atoms. The van der Waals surface area contributed by atoms with E-state index in [4.69, 9.17) is 0 Å². The van der Waals surface area contributed by atoms with Crippen molar-refractivity contribution in [2.75, 3.05) is 25.0 Å². The summed E-state index contributed by atoms with van der Waals surface area (Å²) in [6, 6.07) is 11.6. The van der Waals surface area contributed by atoms with Crippen molar-refractivity contribution >= 4 is 11.7 Å². The first-order chi connectivity index (χ1) is 12.2. The zero-order valence-corrected chi connectivity index (χ0v) is 15.0. The third kappa shape index (κ3) is 4.35. The van der Waals surface area contributed by atoms with Gasteiger partial charge in [0.15, 0.2) is 5.82 Å². The predicted molar refractivity (Wildman–Crippen MR) is 101 cm³/mol. The van der Waals surface area contributed by atoms with Crippen LogP contribution >= 0.6 is 0 Å². The van der Waals surface area contributed by atoms with Crippen molar-refractivity contribution < 1.29 is 4.79 Å². The van der Waals surface area contributed by atoms with E-state index in [1.807, 2.05) is 35.2 Å². The Morgan fingerprint density at radius 3 is 2.60 bits per heavy atom. The summed E-state index contributed by atoms with van der Waals surface area (Å²) in [5.41, 5.74) is 1.39. The Hall–Kier alpha value is -2.43. The van der Waals surface area contributed by atoms with Crippen molar-refractivity contribution in [1.29, 1.82) is 0 Å². The molecule has 132 valence electrons. The van der Waals surface area contributed by atoms with Crippen LogP contribution < -0.4 is 5.32 Å². The minimum Gasteiger partial charge on any atom is -0.370 e. The minimum atomic E-state index is 0.00558. The summed E-state index contributed by atoms with van der Waals surface area (Å²) < 4.78 is 0. The summed E-state index contributed by atoms with van der Waals surface area (Å²) in [4.78, 5) is 24.0. The highest BCUT2D eigenvalue weighted by molar-refractivity contribution is 5.93. The van der Waals surface area contributed by atoms with Gasteiger partial charge in [0, 0.05) is 31.3 Å². The van der Waals surface area contributed by atoms with Crippen molar-refractivity contribution in [2.24, 2.45) is 5.92 Å². The van der Waals surface area contributed by atoms with Gasteiger partial charge in [0.25, 0.3) is 5.91 Å². The number of hydrogen-bond donors (Lipinski definition) is 1. The number of hydrogen-bond acceptors (Lipinski definition) is 4. The first-order valence-electron chi connectivity index (χ1n) is 9.15. The van der Waals surface area contributed by atoms with E-state index in [1.54, 1.807) is 6.07 Å². The molecule has 0 aliphatic carbocycles. The van der Waals surface area contributed by atoms with Gasteiger partial charge in [0.1, 0.15) is 11.5 Å². The molecule has 3 rings (SSSR count). The molecule has 1 fully saturated rings. The van der Waals surface area contributed by atoms with Crippen LogP contribution in [0.4, 0.5) is 5.82 Å². The molecule has 0 saturated carbocycles. The number of rotatable bonds is 5. The lowest BCUT2D eigenvalue weighted by molar-refractivity contribution is 0.0691. The molecule has 5 nitrogen and oxygen atoms in total. The zero-order valence-electron chi connectivity index (χ0n) is 15.0. The maximum absolute atomic E-state index is 12.9. The number of carbonyl (C=O) groups is 1. The smallest absolute Gasteiger partial charge is 0.272 e. The molecule has 1 aromatic carbocycles. The molecule has 1 aliphatic heterocycles. The lowest BCUT2D eigenvalue weighted by Crippen LogP contribution is -2.38. The molecular weight excluding hydrogens is 312 g/mol. The maximum atomic E-state index is 12.9. The molecule has 0 atom stereocenters. The van der Waals surface area contributed by atoms with Gasteiger partial charge < -0.3 is 10.2 Å². The minimum absolute atomic E-state index is 0.00558. The summed E-state index contributed by atoms with van der Waals surface area (Å²) >= 11 is 0. The van der Waals surface area contributed by atoms with Gasteiger partial charge >= 0.3 is 0 Å². The molecular formula is C20H26N4O. The average Bonchev–Trinajstić information content (AvgIpc) is 2.67. The number of likely N-dealkylation sites (tertiary alicyclic amines) is 1. The SMILES string of the molecule is CCCNc1cc(C(=O)N2CCC(C)CC2)nc(-c2ccccc2)n1. The van der Waals surface area contributed by atoms with Crippen LogP contribution in [0.5, 0.6) is 0 Å². The Balaban J connectivity index is 1.90. The highest BCUT2D eigenvalue weighted by Gasteiger charge is 2.23. The second-order valence-corrected chi connectivity index (χ2v) is 6.73. The number of anilines is 1. The van der Waals surface area contributed by atoms with E-state index in [2.05, 4.69) is 29.1 Å². The molecule has 1 aliphatic rings. The molecule has 1 amide bonds. The largest absolute Gasteiger partial charge is 0.370 e. The number of piperidine rings is 1. The summed E-state index contributed by atoms with van der Waals surface area (Å²) in [6.07, 6.45) is 3.12. The lowest BCUT2D eigenvalue weighted by atomic mass is 9.99. The zero-order chi connectivity index (χ0) is 17.6. The normalized spacial score (nSPS) is 15.2. The van der Waals surface area contributed by atoms with E-state index in [1.165, 1.54) is 0 Å². The first kappa shape index (κ1) is 17.4. The summed E-state index contributed by atoms with van der Waals surface area (Å²) in [5.74, 6) is 2.00. The Labute approximate surface area is 149 Å². The Bertz CT molecular complexity index is 709. The lowest BCUT2D eigenvalue weighted by Gasteiger charge is -2.30. The van der Waals surface area contributed by atoms with Gasteiger partial charge in [-0.1, -0.05) is 44.2 Å². The van der Waals surface area contributed by atoms with E-state index >= 15 is 0 Å². The van der Waals surface area contributed by atoms with Crippen LogP contribution in [-0.4, -0.2) is 40.4 Å². The number of nitrogens with zero attached hydrogens (tertiary/aromatic N) is 3. The van der Waals surface area contributed by atoms with Crippen LogP contribution in [0.3, 0.4) is 0 Å². The second-order valence-electron chi connectivity index (χ2n) is 6.73. The van der Waals surface area contributed by atoms with E-state index < -0.39 is 0 Å². The fourth-order valence-electron chi connectivity index (χ4n) is 2.99. The quantitative estimate of drug-likeness (QED) is 0.900. The third-order valence-corrected chi connectivity index (χ3v) is 4.60. The van der Waals surface area contributed by atoms with Crippen molar-refractivity contribution in [2.45, 2.75) is 33.1 Å². The fourth-order valence-corrected chi connectivity index (χ4v) is 2.99. The van der Waals surface area contributed by atoms with Gasteiger partial charge in [0.2, 0.25) is 0 Å². The topological polar surface area (TPSA) is 58.1 Å². The van der Waals surface area contributed by atoms with E-state index in [-0.39, 0.29) is 5.91 Å². The van der Waals surface area contributed by atoms with Crippen LogP contribution in [0.1, 0.15) is 43.6 Å². The van der Waals surface area contributed by atoms with E-state index in [0.29, 0.717) is 23.3 Å². The Morgan fingerprint density at radius 1 is 1.20 bits per heavy atom. The average molecular weight is 338 g/mol. The van der Waals surface area contributed by atoms with Crippen molar-refractivity contribution in [3.63, 3.8) is 0 Å². The van der Waals surface area contributed by atoms with E-state index in [9.17, 15) is 4.79 Å².